The lowest BCUT2D eigenvalue weighted by Crippen LogP contribution is -2.39. The first-order valence-electron chi connectivity index (χ1n) is 13.0. The Labute approximate surface area is 245 Å². The molecule has 4 aliphatic rings. The first-order chi connectivity index (χ1) is 19.2. The molecule has 202 valence electrons. The van der Waals surface area contributed by atoms with E-state index in [0.29, 0.717) is 38.0 Å². The maximum atomic E-state index is 14.0. The Morgan fingerprint density at radius 3 is 2.48 bits per heavy atom. The highest BCUT2D eigenvalue weighted by Crippen LogP contribution is 2.56. The number of benzene rings is 2. The number of methoxy groups -OCH3 is 1. The van der Waals surface area contributed by atoms with Gasteiger partial charge in [-0.15, -0.1) is 0 Å². The number of ketones is 2. The Balaban J connectivity index is 1.49. The number of allylic oxidation sites excluding steroid dienone is 6. The topological polar surface area (TPSA) is 101 Å². The number of amides is 2. The number of carbonyl (C=O) groups excluding carboxylic acids is 4. The molecule has 0 aromatic heterocycles. The van der Waals surface area contributed by atoms with E-state index in [4.69, 9.17) is 4.74 Å². The predicted molar refractivity (Wildman–Crippen MR) is 158 cm³/mol. The largest absolute Gasteiger partial charge is 0.504 e. The lowest BCUT2D eigenvalue weighted by atomic mass is 9.59. The van der Waals surface area contributed by atoms with E-state index in [1.807, 2.05) is 40.8 Å². The van der Waals surface area contributed by atoms with E-state index in [1.165, 1.54) is 18.1 Å². The number of anilines is 1. The first kappa shape index (κ1) is 26.4. The second-order valence-electron chi connectivity index (χ2n) is 10.6. The van der Waals surface area contributed by atoms with Crippen molar-refractivity contribution in [3.63, 3.8) is 0 Å². The number of carbonyl (C=O) groups is 4. The second-order valence-corrected chi connectivity index (χ2v) is 11.8. The van der Waals surface area contributed by atoms with Crippen molar-refractivity contribution in [1.82, 2.24) is 0 Å². The molecule has 0 saturated carbocycles. The molecule has 1 aliphatic heterocycles. The summed E-state index contributed by atoms with van der Waals surface area (Å²) in [6, 6.07) is 10.6. The maximum absolute atomic E-state index is 14.0. The molecule has 1 fully saturated rings. The normalized spacial score (nSPS) is 25.7. The van der Waals surface area contributed by atoms with Crippen LogP contribution in [0.4, 0.5) is 5.69 Å². The van der Waals surface area contributed by atoms with Crippen LogP contribution in [0.5, 0.6) is 11.5 Å². The Bertz CT molecular complexity index is 1630. The van der Waals surface area contributed by atoms with Gasteiger partial charge >= 0.3 is 0 Å². The number of hydrogen-bond donors (Lipinski definition) is 1. The summed E-state index contributed by atoms with van der Waals surface area (Å²) < 4.78 is 5.94. The summed E-state index contributed by atoms with van der Waals surface area (Å²) in [6.45, 7) is 5.38. The molecule has 7 nitrogen and oxygen atoms in total. The van der Waals surface area contributed by atoms with Crippen molar-refractivity contribution in [2.45, 2.75) is 25.7 Å². The third-order valence-corrected chi connectivity index (χ3v) is 9.38. The van der Waals surface area contributed by atoms with Gasteiger partial charge in [0.2, 0.25) is 11.8 Å². The third-order valence-electron chi connectivity index (χ3n) is 8.55. The van der Waals surface area contributed by atoms with Crippen molar-refractivity contribution in [2.24, 2.45) is 17.8 Å². The molecule has 3 aliphatic carbocycles. The van der Waals surface area contributed by atoms with Crippen LogP contribution in [0.2, 0.25) is 0 Å². The van der Waals surface area contributed by atoms with Crippen LogP contribution in [-0.4, -0.2) is 35.6 Å². The fraction of sp³-hybridized carbons (Fsp3) is 0.250. The third kappa shape index (κ3) is 3.83. The number of imide groups is 1. The fourth-order valence-corrected chi connectivity index (χ4v) is 7.32. The van der Waals surface area contributed by atoms with Gasteiger partial charge in [0.15, 0.2) is 23.1 Å². The van der Waals surface area contributed by atoms with Gasteiger partial charge in [0.05, 0.1) is 28.2 Å². The summed E-state index contributed by atoms with van der Waals surface area (Å²) in [5.74, 6) is -3.01. The highest BCUT2D eigenvalue weighted by Gasteiger charge is 2.56. The molecular formula is C32H26INO6. The van der Waals surface area contributed by atoms with Crippen LogP contribution in [0.15, 0.2) is 77.4 Å². The van der Waals surface area contributed by atoms with Gasteiger partial charge in [-0.2, -0.15) is 0 Å². The van der Waals surface area contributed by atoms with Gasteiger partial charge in [0.25, 0.3) is 0 Å². The molecule has 2 amide bonds. The molecule has 2 aromatic carbocycles. The number of phenols is 1. The highest BCUT2D eigenvalue weighted by molar-refractivity contribution is 14.1. The smallest absolute Gasteiger partial charge is 0.238 e. The van der Waals surface area contributed by atoms with Gasteiger partial charge in [-0.05, 0) is 89.7 Å². The standard InChI is InChI=1S/C32H26INO6/c1-4-16-5-7-18(8-6-16)34-31(38)20-10-9-19-21(27(20)32(34)39)14-22-28(24(35)11-15(2)29(22)36)26(19)17-12-23(33)30(37)25(13-17)40-3/h4-9,11-13,20-21,26-27,37H,1,10,14H2,2-3H3. The van der Waals surface area contributed by atoms with Crippen molar-refractivity contribution in [3.8, 4) is 11.5 Å². The van der Waals surface area contributed by atoms with Gasteiger partial charge in [0.1, 0.15) is 0 Å². The average Bonchev–Trinajstić information content (AvgIpc) is 3.21. The van der Waals surface area contributed by atoms with Crippen LogP contribution < -0.4 is 9.64 Å². The molecule has 0 radical (unpaired) electrons. The van der Waals surface area contributed by atoms with E-state index in [2.05, 4.69) is 6.58 Å². The van der Waals surface area contributed by atoms with Gasteiger partial charge in [-0.3, -0.25) is 24.1 Å². The van der Waals surface area contributed by atoms with Crippen molar-refractivity contribution in [2.75, 3.05) is 12.0 Å². The number of Topliss-reactive ketones (excluding diaryl/α,β-unsaturated/α-hetero) is 1. The zero-order valence-corrected chi connectivity index (χ0v) is 24.1. The van der Waals surface area contributed by atoms with Crippen LogP contribution >= 0.6 is 22.6 Å². The summed E-state index contributed by atoms with van der Waals surface area (Å²) >= 11 is 2.01. The van der Waals surface area contributed by atoms with E-state index in [-0.39, 0.29) is 41.3 Å². The minimum Gasteiger partial charge on any atom is -0.504 e. The minimum atomic E-state index is -0.657. The van der Waals surface area contributed by atoms with Crippen molar-refractivity contribution < 1.29 is 29.0 Å². The van der Waals surface area contributed by atoms with Crippen LogP contribution in [0.3, 0.4) is 0 Å². The lowest BCUT2D eigenvalue weighted by molar-refractivity contribution is -0.123. The quantitative estimate of drug-likeness (QED) is 0.210. The molecule has 1 heterocycles. The number of aromatic hydroxyl groups is 1. The zero-order chi connectivity index (χ0) is 28.5. The molecule has 0 spiro atoms. The van der Waals surface area contributed by atoms with Gasteiger partial charge in [0, 0.05) is 22.6 Å². The second kappa shape index (κ2) is 9.69. The molecule has 40 heavy (non-hydrogen) atoms. The monoisotopic (exact) mass is 647 g/mol. The number of hydrogen-bond acceptors (Lipinski definition) is 6. The van der Waals surface area contributed by atoms with E-state index in [9.17, 15) is 24.3 Å². The summed E-state index contributed by atoms with van der Waals surface area (Å²) in [4.78, 5) is 55.8. The van der Waals surface area contributed by atoms with E-state index >= 15 is 0 Å². The van der Waals surface area contributed by atoms with Crippen molar-refractivity contribution in [3.05, 3.63) is 92.1 Å². The molecule has 8 heteroatoms. The number of fused-ring (bicyclic) bond motifs is 3. The molecule has 4 unspecified atom stereocenters. The average molecular weight is 647 g/mol. The van der Waals surface area contributed by atoms with Crippen molar-refractivity contribution in [1.29, 1.82) is 0 Å². The Hall–Kier alpha value is -3.79. The fourth-order valence-electron chi connectivity index (χ4n) is 6.69. The van der Waals surface area contributed by atoms with Crippen LogP contribution in [0.25, 0.3) is 6.08 Å². The predicted octanol–water partition coefficient (Wildman–Crippen LogP) is 5.28. The van der Waals surface area contributed by atoms with Crippen LogP contribution in [0, 0.1) is 21.3 Å². The molecule has 1 N–H and O–H groups in total. The Morgan fingerprint density at radius 2 is 1.80 bits per heavy atom. The zero-order valence-electron chi connectivity index (χ0n) is 21.9. The van der Waals surface area contributed by atoms with Gasteiger partial charge in [-0.1, -0.05) is 36.4 Å². The summed E-state index contributed by atoms with van der Waals surface area (Å²) in [5.41, 5.74) is 4.07. The highest BCUT2D eigenvalue weighted by atomic mass is 127. The molecule has 6 rings (SSSR count). The number of ether oxygens (including phenoxy) is 1. The number of rotatable bonds is 4. The van der Waals surface area contributed by atoms with Gasteiger partial charge in [-0.25, -0.2) is 0 Å². The minimum absolute atomic E-state index is 0.0115. The Morgan fingerprint density at radius 1 is 1.07 bits per heavy atom. The maximum Gasteiger partial charge on any atom is 0.238 e. The van der Waals surface area contributed by atoms with E-state index < -0.39 is 23.7 Å². The molecular weight excluding hydrogens is 621 g/mol. The number of phenolic OH excluding ortho intramolecular Hbond substituents is 1. The number of nitrogens with zero attached hydrogens (tertiary/aromatic N) is 1. The Kier molecular flexibility index (Phi) is 6.40. The summed E-state index contributed by atoms with van der Waals surface area (Å²) in [5, 5.41) is 10.5. The molecule has 4 atom stereocenters. The molecule has 1 saturated heterocycles. The first-order valence-corrected chi connectivity index (χ1v) is 14.1. The molecule has 0 bridgehead atoms. The van der Waals surface area contributed by atoms with E-state index in [1.54, 1.807) is 37.3 Å². The van der Waals surface area contributed by atoms with Crippen molar-refractivity contribution >= 4 is 57.7 Å². The molecule has 2 aromatic rings. The number of halogens is 1. The summed E-state index contributed by atoms with van der Waals surface area (Å²) in [6.07, 6.45) is 5.61. The summed E-state index contributed by atoms with van der Waals surface area (Å²) in [7, 11) is 1.45. The van der Waals surface area contributed by atoms with Crippen LogP contribution in [0.1, 0.15) is 36.8 Å². The van der Waals surface area contributed by atoms with Gasteiger partial charge < -0.3 is 9.84 Å². The van der Waals surface area contributed by atoms with Crippen LogP contribution in [-0.2, 0) is 19.2 Å². The lowest BCUT2D eigenvalue weighted by Gasteiger charge is -2.42. The van der Waals surface area contributed by atoms with E-state index in [0.717, 1.165) is 11.1 Å². The SMILES string of the molecule is C=Cc1ccc(N2C(=O)C3CC=C4C(c5cc(I)c(O)c(OC)c5)C5=C(CC4C3C2=O)C(=O)C(C)=CC5=O)cc1.